The summed E-state index contributed by atoms with van der Waals surface area (Å²) in [6.45, 7) is 3.03. The lowest BCUT2D eigenvalue weighted by molar-refractivity contribution is 0.525. The molecule has 0 aromatic heterocycles. The van der Waals surface area contributed by atoms with E-state index < -0.39 is 21.2 Å². The van der Waals surface area contributed by atoms with E-state index in [1.54, 1.807) is 0 Å². The Balaban J connectivity index is 3.05. The van der Waals surface area contributed by atoms with Gasteiger partial charge in [0.2, 0.25) is 6.08 Å². The van der Waals surface area contributed by atoms with Crippen LogP contribution in [0.25, 0.3) is 0 Å². The number of aliphatic imine (C=N–C) groups is 1. The Hall–Kier alpha value is -1.52. The summed E-state index contributed by atoms with van der Waals surface area (Å²) in [7, 11) is -3.60. The molecule has 0 saturated carbocycles. The van der Waals surface area contributed by atoms with Crippen molar-refractivity contribution in [2.24, 2.45) is 4.99 Å². The maximum Gasteiger partial charge on any atom is 0.235 e. The van der Waals surface area contributed by atoms with Crippen LogP contribution in [-0.4, -0.2) is 25.8 Å². The highest BCUT2D eigenvalue weighted by molar-refractivity contribution is 7.91. The molecule has 0 spiro atoms. The molecule has 1 rings (SSSR count). The fraction of sp³-hybridized carbons (Fsp3) is 0.364. The first-order valence-electron chi connectivity index (χ1n) is 4.84. The Bertz CT molecular complexity index is 543. The van der Waals surface area contributed by atoms with Crippen LogP contribution in [0.4, 0.5) is 4.39 Å². The predicted octanol–water partition coefficient (Wildman–Crippen LogP) is 1.71. The van der Waals surface area contributed by atoms with Gasteiger partial charge in [0, 0.05) is 0 Å². The van der Waals surface area contributed by atoms with Crippen LogP contribution < -0.4 is 0 Å². The number of sulfone groups is 1. The third-order valence-corrected chi connectivity index (χ3v) is 4.14. The second kappa shape index (κ2) is 4.77. The molecule has 0 saturated heterocycles. The maximum atomic E-state index is 12.7. The van der Waals surface area contributed by atoms with Crippen molar-refractivity contribution in [1.82, 2.24) is 0 Å². The molecule has 1 aromatic carbocycles. The molecule has 1 aromatic rings. The molecule has 0 aliphatic carbocycles. The summed E-state index contributed by atoms with van der Waals surface area (Å²) in [5.74, 6) is -0.838. The number of hydrogen-bond acceptors (Lipinski definition) is 4. The van der Waals surface area contributed by atoms with Gasteiger partial charge in [-0.05, 0) is 38.1 Å². The molecular formula is C11H12FNO3S. The zero-order valence-corrected chi connectivity index (χ0v) is 10.3. The van der Waals surface area contributed by atoms with Crippen LogP contribution in [0.5, 0.6) is 0 Å². The fourth-order valence-corrected chi connectivity index (χ4v) is 3.06. The molecule has 4 nitrogen and oxygen atoms in total. The van der Waals surface area contributed by atoms with E-state index in [9.17, 15) is 17.6 Å². The lowest BCUT2D eigenvalue weighted by Gasteiger charge is -2.17. The van der Waals surface area contributed by atoms with E-state index in [4.69, 9.17) is 0 Å². The van der Waals surface area contributed by atoms with Gasteiger partial charge < -0.3 is 0 Å². The van der Waals surface area contributed by atoms with Crippen molar-refractivity contribution in [3.8, 4) is 0 Å². The van der Waals surface area contributed by atoms with Gasteiger partial charge in [0.1, 0.15) is 5.82 Å². The summed E-state index contributed by atoms with van der Waals surface area (Å²) in [4.78, 5) is 13.6. The largest absolute Gasteiger partial charge is 0.235 e. The molecule has 6 heteroatoms. The van der Waals surface area contributed by atoms with Gasteiger partial charge in [0.05, 0.1) is 16.2 Å². The molecule has 17 heavy (non-hydrogen) atoms. The van der Waals surface area contributed by atoms with Crippen LogP contribution in [0.15, 0.2) is 34.2 Å². The number of rotatable bonds is 4. The molecule has 0 fully saturated rings. The van der Waals surface area contributed by atoms with Gasteiger partial charge in [-0.3, -0.25) is 0 Å². The van der Waals surface area contributed by atoms with Crippen molar-refractivity contribution >= 4 is 15.9 Å². The van der Waals surface area contributed by atoms with E-state index in [0.717, 1.165) is 12.1 Å². The van der Waals surface area contributed by atoms with E-state index in [2.05, 4.69) is 4.99 Å². The Morgan fingerprint density at radius 1 is 1.29 bits per heavy atom. The lowest BCUT2D eigenvalue weighted by atomic mass is 10.1. The number of nitrogens with zero attached hydrogens (tertiary/aromatic N) is 1. The second-order valence-electron chi connectivity index (χ2n) is 4.23. The SMILES string of the molecule is CC(C)(CS(=O)(=O)c1ccc(F)cc1)N=C=O. The van der Waals surface area contributed by atoms with Gasteiger partial charge in [0.25, 0.3) is 0 Å². The monoisotopic (exact) mass is 257 g/mol. The number of hydrogen-bond donors (Lipinski definition) is 0. The quantitative estimate of drug-likeness (QED) is 0.468. The number of carbonyl (C=O) groups excluding carboxylic acids is 1. The molecule has 0 aliphatic rings. The summed E-state index contributed by atoms with van der Waals surface area (Å²) in [6, 6.07) is 4.52. The zero-order chi connectivity index (χ0) is 13.1. The normalized spacial score (nSPS) is 11.9. The number of benzene rings is 1. The molecule has 0 unspecified atom stereocenters. The minimum atomic E-state index is -3.60. The van der Waals surface area contributed by atoms with Crippen molar-refractivity contribution in [3.05, 3.63) is 30.1 Å². The van der Waals surface area contributed by atoms with Crippen LogP contribution in [0.3, 0.4) is 0 Å². The first-order chi connectivity index (χ1) is 7.77. The summed E-state index contributed by atoms with van der Waals surface area (Å²) < 4.78 is 36.5. The molecule has 0 aliphatic heterocycles. The topological polar surface area (TPSA) is 63.6 Å². The van der Waals surface area contributed by atoms with Crippen molar-refractivity contribution < 1.29 is 17.6 Å². The molecule has 0 amide bonds. The maximum absolute atomic E-state index is 12.7. The molecule has 0 radical (unpaired) electrons. The van der Waals surface area contributed by atoms with Crippen molar-refractivity contribution in [3.63, 3.8) is 0 Å². The Kier molecular flexibility index (Phi) is 3.80. The highest BCUT2D eigenvalue weighted by Crippen LogP contribution is 2.19. The number of isocyanates is 1. The van der Waals surface area contributed by atoms with Gasteiger partial charge in [-0.1, -0.05) is 0 Å². The molecule has 0 heterocycles. The van der Waals surface area contributed by atoms with Crippen LogP contribution in [0.1, 0.15) is 13.8 Å². The van der Waals surface area contributed by atoms with Crippen LogP contribution in [0.2, 0.25) is 0 Å². The second-order valence-corrected chi connectivity index (χ2v) is 6.22. The highest BCUT2D eigenvalue weighted by Gasteiger charge is 2.27. The lowest BCUT2D eigenvalue weighted by Crippen LogP contribution is -2.28. The molecule has 92 valence electrons. The zero-order valence-electron chi connectivity index (χ0n) is 9.47. The average molecular weight is 257 g/mol. The third kappa shape index (κ3) is 3.76. The number of halogens is 1. The standard InChI is InChI=1S/C11H12FNO3S/c1-11(2,13-8-14)7-17(15,16)10-5-3-9(12)4-6-10/h3-6H,7H2,1-2H3. The van der Waals surface area contributed by atoms with Gasteiger partial charge in [0.15, 0.2) is 9.84 Å². The van der Waals surface area contributed by atoms with Crippen molar-refractivity contribution in [2.45, 2.75) is 24.3 Å². The van der Waals surface area contributed by atoms with Crippen LogP contribution in [0, 0.1) is 5.82 Å². The van der Waals surface area contributed by atoms with E-state index in [1.165, 1.54) is 32.1 Å². The smallest absolute Gasteiger partial charge is 0.224 e. The summed E-state index contributed by atoms with van der Waals surface area (Å²) in [5.41, 5.74) is -1.05. The van der Waals surface area contributed by atoms with Crippen LogP contribution >= 0.6 is 0 Å². The van der Waals surface area contributed by atoms with E-state index in [1.807, 2.05) is 0 Å². The minimum absolute atomic E-state index is 0.00748. The van der Waals surface area contributed by atoms with E-state index in [0.29, 0.717) is 0 Å². The Morgan fingerprint density at radius 2 is 1.82 bits per heavy atom. The third-order valence-electron chi connectivity index (χ3n) is 2.06. The van der Waals surface area contributed by atoms with Crippen molar-refractivity contribution in [2.75, 3.05) is 5.75 Å². The Morgan fingerprint density at radius 3 is 2.29 bits per heavy atom. The first kappa shape index (κ1) is 13.5. The Labute approximate surface area is 99.1 Å². The summed E-state index contributed by atoms with van der Waals surface area (Å²) in [5, 5.41) is 0. The molecule has 0 N–H and O–H groups in total. The molecule has 0 atom stereocenters. The fourth-order valence-electron chi connectivity index (χ4n) is 1.35. The predicted molar refractivity (Wildman–Crippen MR) is 60.7 cm³/mol. The van der Waals surface area contributed by atoms with E-state index in [-0.39, 0.29) is 10.6 Å². The molecule has 0 bridgehead atoms. The van der Waals surface area contributed by atoms with Crippen LogP contribution in [-0.2, 0) is 14.6 Å². The van der Waals surface area contributed by atoms with Gasteiger partial charge in [-0.15, -0.1) is 0 Å². The summed E-state index contributed by atoms with van der Waals surface area (Å²) >= 11 is 0. The molecular weight excluding hydrogens is 245 g/mol. The van der Waals surface area contributed by atoms with E-state index >= 15 is 0 Å². The van der Waals surface area contributed by atoms with Gasteiger partial charge in [-0.2, -0.15) is 4.99 Å². The summed E-state index contributed by atoms with van der Waals surface area (Å²) in [6.07, 6.45) is 1.34. The minimum Gasteiger partial charge on any atom is -0.224 e. The average Bonchev–Trinajstić information content (AvgIpc) is 2.16. The van der Waals surface area contributed by atoms with Crippen molar-refractivity contribution in [1.29, 1.82) is 0 Å². The van der Waals surface area contributed by atoms with Gasteiger partial charge in [-0.25, -0.2) is 17.6 Å². The highest BCUT2D eigenvalue weighted by atomic mass is 32.2. The van der Waals surface area contributed by atoms with Gasteiger partial charge >= 0.3 is 0 Å². The first-order valence-corrected chi connectivity index (χ1v) is 6.49.